The molecule has 6 heteroatoms. The number of aryl methyl sites for hydroxylation is 1. The summed E-state index contributed by atoms with van der Waals surface area (Å²) in [5.41, 5.74) is 13.2. The van der Waals surface area contributed by atoms with Crippen molar-refractivity contribution in [2.24, 2.45) is 11.5 Å². The summed E-state index contributed by atoms with van der Waals surface area (Å²) in [5.74, 6) is 0.839. The quantitative estimate of drug-likeness (QED) is 0.478. The van der Waals surface area contributed by atoms with E-state index in [0.717, 1.165) is 18.6 Å². The fraction of sp³-hybridized carbons (Fsp3) is 0.385. The highest BCUT2D eigenvalue weighted by atomic mass is 32.2. The van der Waals surface area contributed by atoms with Crippen LogP contribution in [0.3, 0.4) is 0 Å². The molecule has 0 heterocycles. The second-order valence-electron chi connectivity index (χ2n) is 4.28. The van der Waals surface area contributed by atoms with Gasteiger partial charge < -0.3 is 11.5 Å². The minimum Gasteiger partial charge on any atom is -0.379 e. The molecule has 0 unspecified atom stereocenters. The van der Waals surface area contributed by atoms with E-state index in [1.165, 1.54) is 34.7 Å². The van der Waals surface area contributed by atoms with Crippen LogP contribution in [0.1, 0.15) is 18.1 Å². The van der Waals surface area contributed by atoms with Crippen molar-refractivity contribution < 1.29 is 0 Å². The molecule has 1 atom stereocenters. The Hall–Kier alpha value is -1.14. The van der Waals surface area contributed by atoms with E-state index in [2.05, 4.69) is 31.2 Å². The molecule has 19 heavy (non-hydrogen) atoms. The summed E-state index contributed by atoms with van der Waals surface area (Å²) < 4.78 is 0. The van der Waals surface area contributed by atoms with Gasteiger partial charge in [0.2, 0.25) is 0 Å². The van der Waals surface area contributed by atoms with Crippen LogP contribution in [0.5, 0.6) is 0 Å². The highest BCUT2D eigenvalue weighted by Crippen LogP contribution is 2.16. The number of rotatable bonds is 6. The Labute approximate surface area is 122 Å². The largest absolute Gasteiger partial charge is 0.379 e. The molecule has 1 aromatic rings. The van der Waals surface area contributed by atoms with Crippen molar-refractivity contribution >= 4 is 33.9 Å². The Morgan fingerprint density at radius 3 is 2.21 bits per heavy atom. The second kappa shape index (κ2) is 8.12. The Bertz CT molecular complexity index is 431. The summed E-state index contributed by atoms with van der Waals surface area (Å²) in [6.45, 7) is 2.07. The van der Waals surface area contributed by atoms with Crippen molar-refractivity contribution in [2.75, 3.05) is 5.75 Å². The van der Waals surface area contributed by atoms with Gasteiger partial charge in [0.15, 0.2) is 10.3 Å². The molecule has 1 rings (SSSR count). The van der Waals surface area contributed by atoms with Crippen LogP contribution in [0.25, 0.3) is 0 Å². The number of hydrogen-bond acceptors (Lipinski definition) is 4. The topological polar surface area (TPSA) is 99.7 Å². The molecule has 104 valence electrons. The molecular weight excluding hydrogens is 276 g/mol. The van der Waals surface area contributed by atoms with Crippen LogP contribution in [0, 0.1) is 10.8 Å². The van der Waals surface area contributed by atoms with Gasteiger partial charge in [-0.1, -0.05) is 54.7 Å². The number of hydrogen-bond donors (Lipinski definition) is 4. The maximum Gasteiger partial charge on any atom is 0.151 e. The molecule has 0 fully saturated rings. The Balaban J connectivity index is 2.42. The van der Waals surface area contributed by atoms with Crippen molar-refractivity contribution in [2.45, 2.75) is 25.0 Å². The summed E-state index contributed by atoms with van der Waals surface area (Å²) in [7, 11) is 0. The smallest absolute Gasteiger partial charge is 0.151 e. The summed E-state index contributed by atoms with van der Waals surface area (Å²) in [6.07, 6.45) is 1.83. The Morgan fingerprint density at radius 1 is 1.11 bits per heavy atom. The number of amidine groups is 2. The van der Waals surface area contributed by atoms with Crippen molar-refractivity contribution in [1.29, 1.82) is 10.8 Å². The van der Waals surface area contributed by atoms with Crippen molar-refractivity contribution in [3.63, 3.8) is 0 Å². The van der Waals surface area contributed by atoms with Gasteiger partial charge in [0.05, 0.1) is 0 Å². The molecule has 1 aromatic carbocycles. The van der Waals surface area contributed by atoms with E-state index < -0.39 is 0 Å². The average Bonchev–Trinajstić information content (AvgIpc) is 2.29. The lowest BCUT2D eigenvalue weighted by molar-refractivity contribution is 0.945. The number of nitrogens with two attached hydrogens (primary N) is 2. The molecule has 0 amide bonds. The van der Waals surface area contributed by atoms with Gasteiger partial charge in [0, 0.05) is 11.0 Å². The molecule has 6 N–H and O–H groups in total. The van der Waals surface area contributed by atoms with Crippen LogP contribution in [0.15, 0.2) is 24.3 Å². The molecule has 0 saturated heterocycles. The van der Waals surface area contributed by atoms with E-state index in [0.29, 0.717) is 5.25 Å². The van der Waals surface area contributed by atoms with Gasteiger partial charge in [-0.2, -0.15) is 0 Å². The van der Waals surface area contributed by atoms with Gasteiger partial charge >= 0.3 is 0 Å². The number of benzene rings is 1. The van der Waals surface area contributed by atoms with Crippen LogP contribution in [0.4, 0.5) is 0 Å². The number of thioether (sulfide) groups is 2. The molecule has 0 aromatic heterocycles. The third kappa shape index (κ3) is 7.12. The van der Waals surface area contributed by atoms with E-state index in [9.17, 15) is 0 Å². The lowest BCUT2D eigenvalue weighted by Crippen LogP contribution is -2.11. The zero-order chi connectivity index (χ0) is 14.3. The lowest BCUT2D eigenvalue weighted by atomic mass is 10.1. The van der Waals surface area contributed by atoms with Crippen LogP contribution in [-0.4, -0.2) is 21.3 Å². The molecule has 0 radical (unpaired) electrons. The fourth-order valence-electron chi connectivity index (χ4n) is 1.71. The predicted molar refractivity (Wildman–Crippen MR) is 87.2 cm³/mol. The van der Waals surface area contributed by atoms with Gasteiger partial charge in [-0.15, -0.1) is 0 Å². The average molecular weight is 296 g/mol. The summed E-state index contributed by atoms with van der Waals surface area (Å²) >= 11 is 2.76. The third-order valence-corrected chi connectivity index (χ3v) is 4.06. The Kier molecular flexibility index (Phi) is 6.80. The summed E-state index contributed by atoms with van der Waals surface area (Å²) in [4.78, 5) is 0. The molecule has 0 aliphatic carbocycles. The van der Waals surface area contributed by atoms with E-state index >= 15 is 0 Å². The van der Waals surface area contributed by atoms with Gasteiger partial charge in [-0.25, -0.2) is 0 Å². The normalized spacial score (nSPS) is 12.1. The molecule has 0 saturated carbocycles. The Morgan fingerprint density at radius 2 is 1.68 bits per heavy atom. The zero-order valence-electron chi connectivity index (χ0n) is 11.0. The van der Waals surface area contributed by atoms with E-state index in [1.54, 1.807) is 0 Å². The first-order valence-corrected chi connectivity index (χ1v) is 7.89. The molecule has 0 bridgehead atoms. The lowest BCUT2D eigenvalue weighted by Gasteiger charge is -2.10. The maximum atomic E-state index is 7.25. The minimum atomic E-state index is 0.172. The third-order valence-electron chi connectivity index (χ3n) is 2.52. The fourth-order valence-corrected chi connectivity index (χ4v) is 2.98. The predicted octanol–water partition coefficient (Wildman–Crippen LogP) is 2.41. The summed E-state index contributed by atoms with van der Waals surface area (Å²) in [6, 6.07) is 8.46. The zero-order valence-corrected chi connectivity index (χ0v) is 12.6. The van der Waals surface area contributed by atoms with Crippen molar-refractivity contribution in [3.05, 3.63) is 35.4 Å². The van der Waals surface area contributed by atoms with E-state index in [-0.39, 0.29) is 10.3 Å². The van der Waals surface area contributed by atoms with Crippen molar-refractivity contribution in [3.8, 4) is 0 Å². The second-order valence-corrected chi connectivity index (χ2v) is 6.89. The van der Waals surface area contributed by atoms with Gasteiger partial charge in [0.1, 0.15) is 0 Å². The molecular formula is C13H20N4S2. The maximum absolute atomic E-state index is 7.25. The van der Waals surface area contributed by atoms with Gasteiger partial charge in [-0.05, 0) is 24.0 Å². The first kappa shape index (κ1) is 15.9. The summed E-state index contributed by atoms with van der Waals surface area (Å²) in [5, 5.41) is 15.0. The van der Waals surface area contributed by atoms with E-state index in [4.69, 9.17) is 22.3 Å². The SMILES string of the molecule is C[C@H](Cc1ccc(CCSC(=N)N)cc1)SC(=N)N. The monoisotopic (exact) mass is 296 g/mol. The van der Waals surface area contributed by atoms with Crippen LogP contribution in [0.2, 0.25) is 0 Å². The standard InChI is InChI=1S/C13H20N4S2/c1-9(19-13(16)17)8-11-4-2-10(3-5-11)6-7-18-12(14)15/h2-5,9H,6-8H2,1H3,(H3,14,15)(H3,16,17)/t9-/m1/s1. The van der Waals surface area contributed by atoms with Gasteiger partial charge in [0.25, 0.3) is 0 Å². The molecule has 0 aliphatic rings. The highest BCUT2D eigenvalue weighted by Gasteiger charge is 2.06. The first-order valence-electron chi connectivity index (χ1n) is 6.02. The minimum absolute atomic E-state index is 0.172. The van der Waals surface area contributed by atoms with Crippen LogP contribution < -0.4 is 11.5 Å². The van der Waals surface area contributed by atoms with Crippen LogP contribution in [-0.2, 0) is 12.8 Å². The molecule has 0 aliphatic heterocycles. The molecule has 0 spiro atoms. The van der Waals surface area contributed by atoms with Crippen LogP contribution >= 0.6 is 23.5 Å². The van der Waals surface area contributed by atoms with Crippen molar-refractivity contribution in [1.82, 2.24) is 0 Å². The first-order chi connectivity index (χ1) is 8.97. The number of nitrogens with one attached hydrogen (secondary N) is 2. The molecule has 4 nitrogen and oxygen atoms in total. The highest BCUT2D eigenvalue weighted by molar-refractivity contribution is 8.14. The van der Waals surface area contributed by atoms with Gasteiger partial charge in [-0.3, -0.25) is 10.8 Å². The van der Waals surface area contributed by atoms with E-state index in [1.807, 2.05) is 0 Å².